The van der Waals surface area contributed by atoms with E-state index in [-0.39, 0.29) is 12.4 Å². The molecule has 0 atom stereocenters. The normalized spacial score (nSPS) is 15.5. The van der Waals surface area contributed by atoms with Gasteiger partial charge in [-0.15, -0.1) is 12.4 Å². The average Bonchev–Trinajstić information content (AvgIpc) is 1.88. The van der Waals surface area contributed by atoms with Crippen LogP contribution in [0.5, 0.6) is 0 Å². The van der Waals surface area contributed by atoms with E-state index in [1.807, 2.05) is 0 Å². The van der Waals surface area contributed by atoms with Crippen LogP contribution in [-0.2, 0) is 15.1 Å². The Morgan fingerprint density at radius 3 is 2.27 bits per heavy atom. The van der Waals surface area contributed by atoms with Crippen LogP contribution in [0.3, 0.4) is 0 Å². The number of hydrogen-bond acceptors (Lipinski definition) is 3. The lowest BCUT2D eigenvalue weighted by molar-refractivity contribution is 0.0184. The second-order valence-electron chi connectivity index (χ2n) is 1.51. The van der Waals surface area contributed by atoms with E-state index < -0.39 is 10.3 Å². The quantitative estimate of drug-likeness (QED) is 0.624. The van der Waals surface area contributed by atoms with E-state index in [0.717, 1.165) is 12.5 Å². The standard InChI is InChI=1S/C4H5NO4S.ClH/c6-10(7,8)5-3-1-2-4-9-5;/h1-4H,(H,6,7,8);1H. The van der Waals surface area contributed by atoms with Crippen molar-refractivity contribution in [3.63, 3.8) is 0 Å². The summed E-state index contributed by atoms with van der Waals surface area (Å²) < 4.78 is 29.2. The molecule has 0 saturated heterocycles. The van der Waals surface area contributed by atoms with E-state index >= 15 is 0 Å². The van der Waals surface area contributed by atoms with Gasteiger partial charge in [-0.05, 0) is 12.2 Å². The molecule has 0 aromatic heterocycles. The van der Waals surface area contributed by atoms with E-state index in [0.29, 0.717) is 4.47 Å². The molecule has 1 aliphatic heterocycles. The van der Waals surface area contributed by atoms with E-state index in [1.165, 1.54) is 12.2 Å². The van der Waals surface area contributed by atoms with Crippen LogP contribution in [-0.4, -0.2) is 17.4 Å². The molecular formula is C4H6ClNO4S. The summed E-state index contributed by atoms with van der Waals surface area (Å²) in [4.78, 5) is 4.37. The molecule has 5 nitrogen and oxygen atoms in total. The van der Waals surface area contributed by atoms with Crippen molar-refractivity contribution in [1.82, 2.24) is 4.47 Å². The summed E-state index contributed by atoms with van der Waals surface area (Å²) in [6.07, 6.45) is 5.11. The summed E-state index contributed by atoms with van der Waals surface area (Å²) in [5, 5.41) is 0. The third-order valence-electron chi connectivity index (χ3n) is 0.790. The Balaban J connectivity index is 0.000001000. The van der Waals surface area contributed by atoms with Gasteiger partial charge >= 0.3 is 10.3 Å². The van der Waals surface area contributed by atoms with Gasteiger partial charge in [0, 0.05) is 0 Å². The van der Waals surface area contributed by atoms with Crippen LogP contribution in [0, 0.1) is 0 Å². The maximum Gasteiger partial charge on any atom is 0.390 e. The SMILES string of the molecule is Cl.O=S(=O)(O)N1C=CC=CO1. The van der Waals surface area contributed by atoms with Gasteiger partial charge in [-0.25, -0.2) is 0 Å². The van der Waals surface area contributed by atoms with Gasteiger partial charge in [-0.2, -0.15) is 8.42 Å². The fourth-order valence-electron chi connectivity index (χ4n) is 0.427. The molecule has 0 aliphatic carbocycles. The Labute approximate surface area is 70.2 Å². The highest BCUT2D eigenvalue weighted by atomic mass is 35.5. The summed E-state index contributed by atoms with van der Waals surface area (Å²) in [5.74, 6) is 0. The molecule has 0 bridgehead atoms. The summed E-state index contributed by atoms with van der Waals surface area (Å²) in [5.41, 5.74) is 0. The number of allylic oxidation sites excluding steroid dienone is 2. The monoisotopic (exact) mass is 199 g/mol. The van der Waals surface area contributed by atoms with Gasteiger partial charge in [-0.1, -0.05) is 4.47 Å². The molecule has 64 valence electrons. The lowest BCUT2D eigenvalue weighted by Gasteiger charge is -2.14. The number of hydroxylamine groups is 1. The van der Waals surface area contributed by atoms with E-state index in [2.05, 4.69) is 4.84 Å². The van der Waals surface area contributed by atoms with Crippen LogP contribution in [0.15, 0.2) is 24.6 Å². The Bertz CT molecular complexity index is 270. The van der Waals surface area contributed by atoms with Crippen molar-refractivity contribution in [1.29, 1.82) is 0 Å². The van der Waals surface area contributed by atoms with Crippen molar-refractivity contribution in [2.75, 3.05) is 0 Å². The number of halogens is 1. The van der Waals surface area contributed by atoms with Crippen molar-refractivity contribution < 1.29 is 17.8 Å². The zero-order valence-electron chi connectivity index (χ0n) is 5.25. The van der Waals surface area contributed by atoms with Gasteiger partial charge in [0.2, 0.25) is 0 Å². The molecule has 1 heterocycles. The van der Waals surface area contributed by atoms with Gasteiger partial charge in [0.05, 0.1) is 6.20 Å². The van der Waals surface area contributed by atoms with Gasteiger partial charge in [0.25, 0.3) is 0 Å². The van der Waals surface area contributed by atoms with Gasteiger partial charge < -0.3 is 4.84 Å². The Hall–Kier alpha value is -0.720. The molecule has 11 heavy (non-hydrogen) atoms. The van der Waals surface area contributed by atoms with E-state index in [4.69, 9.17) is 4.55 Å². The Morgan fingerprint density at radius 2 is 2.00 bits per heavy atom. The first-order valence-corrected chi connectivity index (χ1v) is 3.77. The van der Waals surface area contributed by atoms with Crippen molar-refractivity contribution in [2.45, 2.75) is 0 Å². The zero-order chi connectivity index (χ0) is 7.61. The molecule has 7 heteroatoms. The fourth-order valence-corrected chi connectivity index (χ4v) is 0.809. The van der Waals surface area contributed by atoms with Crippen LogP contribution >= 0.6 is 12.4 Å². The Morgan fingerprint density at radius 1 is 1.36 bits per heavy atom. The highest BCUT2D eigenvalue weighted by Crippen LogP contribution is 2.04. The van der Waals surface area contributed by atoms with E-state index in [9.17, 15) is 8.42 Å². The van der Waals surface area contributed by atoms with Gasteiger partial charge in [0.1, 0.15) is 6.26 Å². The van der Waals surface area contributed by atoms with Crippen LogP contribution < -0.4 is 0 Å². The number of nitrogens with zero attached hydrogens (tertiary/aromatic N) is 1. The van der Waals surface area contributed by atoms with Crippen molar-refractivity contribution in [3.8, 4) is 0 Å². The second kappa shape index (κ2) is 3.61. The summed E-state index contributed by atoms with van der Waals surface area (Å²) in [6.45, 7) is 0. The van der Waals surface area contributed by atoms with Crippen LogP contribution in [0.1, 0.15) is 0 Å². The first kappa shape index (κ1) is 10.3. The fraction of sp³-hybridized carbons (Fsp3) is 0. The average molecular weight is 200 g/mol. The molecule has 1 N–H and O–H groups in total. The first-order valence-electron chi connectivity index (χ1n) is 2.37. The largest absolute Gasteiger partial charge is 0.390 e. The van der Waals surface area contributed by atoms with Crippen LogP contribution in [0.2, 0.25) is 0 Å². The van der Waals surface area contributed by atoms with Crippen molar-refractivity contribution in [3.05, 3.63) is 24.6 Å². The van der Waals surface area contributed by atoms with E-state index in [1.54, 1.807) is 0 Å². The molecule has 0 saturated carbocycles. The second-order valence-corrected chi connectivity index (χ2v) is 2.76. The molecule has 1 rings (SSSR count). The number of hydrogen-bond donors (Lipinski definition) is 1. The minimum absolute atomic E-state index is 0. The summed E-state index contributed by atoms with van der Waals surface area (Å²) in [6, 6.07) is 0. The molecule has 1 aliphatic rings. The predicted molar refractivity (Wildman–Crippen MR) is 40.0 cm³/mol. The third kappa shape index (κ3) is 2.79. The van der Waals surface area contributed by atoms with Gasteiger partial charge in [-0.3, -0.25) is 4.55 Å². The summed E-state index contributed by atoms with van der Waals surface area (Å²) >= 11 is 0. The topological polar surface area (TPSA) is 66.8 Å². The molecule has 0 aromatic carbocycles. The first-order chi connectivity index (χ1) is 4.61. The number of rotatable bonds is 1. The molecular weight excluding hydrogens is 194 g/mol. The molecule has 0 spiro atoms. The van der Waals surface area contributed by atoms with Crippen molar-refractivity contribution >= 4 is 22.7 Å². The maximum absolute atomic E-state index is 10.3. The van der Waals surface area contributed by atoms with Gasteiger partial charge in [0.15, 0.2) is 0 Å². The minimum atomic E-state index is -4.25. The summed E-state index contributed by atoms with van der Waals surface area (Å²) in [7, 11) is -4.25. The highest BCUT2D eigenvalue weighted by Gasteiger charge is 2.15. The lowest BCUT2D eigenvalue weighted by atomic mass is 10.6. The smallest absolute Gasteiger partial charge is 0.371 e. The molecule has 0 radical (unpaired) electrons. The molecule has 0 aromatic rings. The Kier molecular flexibility index (Phi) is 3.37. The van der Waals surface area contributed by atoms with Crippen LogP contribution in [0.25, 0.3) is 0 Å². The molecule has 0 amide bonds. The van der Waals surface area contributed by atoms with Crippen molar-refractivity contribution in [2.24, 2.45) is 0 Å². The molecule has 0 fully saturated rings. The lowest BCUT2D eigenvalue weighted by Crippen LogP contribution is -2.24. The third-order valence-corrected chi connectivity index (χ3v) is 1.45. The minimum Gasteiger partial charge on any atom is -0.371 e. The van der Waals surface area contributed by atoms with Crippen LogP contribution in [0.4, 0.5) is 0 Å². The predicted octanol–water partition coefficient (Wildman–Crippen LogP) is 0.486. The maximum atomic E-state index is 10.3. The highest BCUT2D eigenvalue weighted by molar-refractivity contribution is 7.83. The zero-order valence-corrected chi connectivity index (χ0v) is 6.88. The molecule has 0 unspecified atom stereocenters.